The third kappa shape index (κ3) is 1.85. The Bertz CT molecular complexity index is 574. The van der Waals surface area contributed by atoms with E-state index in [2.05, 4.69) is 9.87 Å². The number of aromatic nitrogens is 2. The Balaban J connectivity index is 2.16. The van der Waals surface area contributed by atoms with Gasteiger partial charge in [-0.15, -0.1) is 0 Å². The van der Waals surface area contributed by atoms with Gasteiger partial charge in [0, 0.05) is 6.07 Å². The van der Waals surface area contributed by atoms with Crippen LogP contribution in [0.5, 0.6) is 0 Å². The van der Waals surface area contributed by atoms with E-state index in [9.17, 15) is 9.59 Å². The summed E-state index contributed by atoms with van der Waals surface area (Å²) in [5.41, 5.74) is -1.07. The molecule has 7 heteroatoms. The molecule has 0 amide bonds. The molecule has 1 aromatic rings. The van der Waals surface area contributed by atoms with Crippen LogP contribution in [0.3, 0.4) is 0 Å². The molecule has 2 aliphatic rings. The van der Waals surface area contributed by atoms with Gasteiger partial charge in [-0.25, -0.2) is 9.78 Å². The quantitative estimate of drug-likeness (QED) is 0.593. The van der Waals surface area contributed by atoms with Gasteiger partial charge in [0.25, 0.3) is 5.56 Å². The summed E-state index contributed by atoms with van der Waals surface area (Å²) < 4.78 is 7.38. The average Bonchev–Trinajstić information content (AvgIpc) is 2.88. The van der Waals surface area contributed by atoms with Crippen molar-refractivity contribution in [3.8, 4) is 0 Å². The second-order valence-electron chi connectivity index (χ2n) is 4.88. The SMILES string of the molecule is O=C(OO)c1cc(=O)n2c(n1)C1(CCCC1)OCC2. The molecule has 2 heterocycles. The lowest BCUT2D eigenvalue weighted by molar-refractivity contribution is -0.183. The summed E-state index contributed by atoms with van der Waals surface area (Å²) in [5, 5.41) is 8.41. The van der Waals surface area contributed by atoms with E-state index < -0.39 is 11.6 Å². The van der Waals surface area contributed by atoms with Gasteiger partial charge in [0.2, 0.25) is 0 Å². The Kier molecular flexibility index (Phi) is 2.87. The number of fused-ring (bicyclic) bond motifs is 2. The molecular formula is C12H14N2O5. The standard InChI is InChI=1S/C12H14N2O5/c15-9-7-8(10(16)19-17)13-11-12(3-1-2-4-12)18-6-5-14(9)11/h7,17H,1-6H2. The number of hydrogen-bond donors (Lipinski definition) is 1. The monoisotopic (exact) mass is 266 g/mol. The first-order valence-electron chi connectivity index (χ1n) is 6.28. The molecule has 19 heavy (non-hydrogen) atoms. The van der Waals surface area contributed by atoms with E-state index in [4.69, 9.17) is 9.99 Å². The zero-order chi connectivity index (χ0) is 13.5. The minimum atomic E-state index is -1.03. The van der Waals surface area contributed by atoms with Crippen molar-refractivity contribution in [2.24, 2.45) is 0 Å². The topological polar surface area (TPSA) is 90.7 Å². The molecule has 0 unspecified atom stereocenters. The molecule has 1 spiro atoms. The Morgan fingerprint density at radius 3 is 2.89 bits per heavy atom. The fraction of sp³-hybridized carbons (Fsp3) is 0.583. The molecule has 1 aromatic heterocycles. The fourth-order valence-electron chi connectivity index (χ4n) is 2.93. The summed E-state index contributed by atoms with van der Waals surface area (Å²) in [5.74, 6) is -0.552. The van der Waals surface area contributed by atoms with E-state index in [1.54, 1.807) is 4.57 Å². The number of ether oxygens (including phenoxy) is 1. The number of rotatable bonds is 1. The second-order valence-corrected chi connectivity index (χ2v) is 4.88. The van der Waals surface area contributed by atoms with Crippen LogP contribution < -0.4 is 5.56 Å². The zero-order valence-corrected chi connectivity index (χ0v) is 10.3. The lowest BCUT2D eigenvalue weighted by atomic mass is 9.99. The van der Waals surface area contributed by atoms with Gasteiger partial charge in [-0.1, -0.05) is 0 Å². The first-order chi connectivity index (χ1) is 9.16. The van der Waals surface area contributed by atoms with Crippen LogP contribution in [0.2, 0.25) is 0 Å². The van der Waals surface area contributed by atoms with Crippen LogP contribution in [-0.4, -0.2) is 27.4 Å². The molecular weight excluding hydrogens is 252 g/mol. The van der Waals surface area contributed by atoms with Gasteiger partial charge in [-0.3, -0.25) is 14.2 Å². The van der Waals surface area contributed by atoms with Gasteiger partial charge < -0.3 is 4.74 Å². The van der Waals surface area contributed by atoms with Gasteiger partial charge in [0.1, 0.15) is 11.4 Å². The summed E-state index contributed by atoms with van der Waals surface area (Å²) in [6.07, 6.45) is 3.59. The third-order valence-electron chi connectivity index (χ3n) is 3.81. The van der Waals surface area contributed by atoms with Crippen molar-refractivity contribution in [3.05, 3.63) is 27.9 Å². The van der Waals surface area contributed by atoms with Crippen molar-refractivity contribution in [1.29, 1.82) is 0 Å². The smallest absolute Gasteiger partial charge is 0.365 e. The van der Waals surface area contributed by atoms with Gasteiger partial charge in [0.05, 0.1) is 13.2 Å². The van der Waals surface area contributed by atoms with Crippen LogP contribution in [0.1, 0.15) is 42.0 Å². The zero-order valence-electron chi connectivity index (χ0n) is 10.3. The summed E-state index contributed by atoms with van der Waals surface area (Å²) in [6.45, 7) is 0.899. The van der Waals surface area contributed by atoms with Crippen molar-refractivity contribution in [1.82, 2.24) is 9.55 Å². The second kappa shape index (κ2) is 4.43. The summed E-state index contributed by atoms with van der Waals surface area (Å²) in [7, 11) is 0. The molecule has 0 aromatic carbocycles. The van der Waals surface area contributed by atoms with Crippen molar-refractivity contribution in [3.63, 3.8) is 0 Å². The molecule has 102 valence electrons. The Labute approximate surface area is 108 Å². The lowest BCUT2D eigenvalue weighted by Crippen LogP contribution is -2.43. The molecule has 1 saturated carbocycles. The summed E-state index contributed by atoms with van der Waals surface area (Å²) in [6, 6.07) is 1.08. The van der Waals surface area contributed by atoms with E-state index in [1.807, 2.05) is 0 Å². The molecule has 7 nitrogen and oxygen atoms in total. The van der Waals surface area contributed by atoms with Crippen LogP contribution >= 0.6 is 0 Å². The van der Waals surface area contributed by atoms with Crippen LogP contribution in [0.4, 0.5) is 0 Å². The Morgan fingerprint density at radius 2 is 2.21 bits per heavy atom. The first kappa shape index (κ1) is 12.3. The maximum absolute atomic E-state index is 12.0. The normalized spacial score (nSPS) is 20.3. The number of carbonyl (C=O) groups excluding carboxylic acids is 1. The average molecular weight is 266 g/mol. The van der Waals surface area contributed by atoms with E-state index >= 15 is 0 Å². The van der Waals surface area contributed by atoms with Crippen molar-refractivity contribution < 1.29 is 19.7 Å². The van der Waals surface area contributed by atoms with Crippen LogP contribution in [0, 0.1) is 0 Å². The van der Waals surface area contributed by atoms with Gasteiger partial charge >= 0.3 is 5.97 Å². The van der Waals surface area contributed by atoms with E-state index in [0.717, 1.165) is 31.7 Å². The van der Waals surface area contributed by atoms with Gasteiger partial charge in [-0.05, 0) is 25.7 Å². The third-order valence-corrected chi connectivity index (χ3v) is 3.81. The number of hydrogen-bond acceptors (Lipinski definition) is 6. The lowest BCUT2D eigenvalue weighted by Gasteiger charge is -2.35. The predicted molar refractivity (Wildman–Crippen MR) is 62.6 cm³/mol. The molecule has 3 rings (SSSR count). The minimum Gasteiger partial charge on any atom is -0.365 e. The summed E-state index contributed by atoms with van der Waals surface area (Å²) >= 11 is 0. The Hall–Kier alpha value is -1.73. The van der Waals surface area contributed by atoms with E-state index in [1.165, 1.54) is 0 Å². The van der Waals surface area contributed by atoms with Crippen LogP contribution in [-0.2, 0) is 21.8 Å². The maximum Gasteiger partial charge on any atom is 0.391 e. The fourth-order valence-corrected chi connectivity index (χ4v) is 2.93. The van der Waals surface area contributed by atoms with Gasteiger partial charge in [0.15, 0.2) is 5.69 Å². The highest BCUT2D eigenvalue weighted by atomic mass is 17.1. The molecule has 1 aliphatic carbocycles. The highest BCUT2D eigenvalue weighted by Gasteiger charge is 2.43. The predicted octanol–water partition coefficient (Wildman–Crippen LogP) is 0.673. The van der Waals surface area contributed by atoms with Crippen LogP contribution in [0.15, 0.2) is 10.9 Å². The number of nitrogens with zero attached hydrogens (tertiary/aromatic N) is 2. The molecule has 1 aliphatic heterocycles. The van der Waals surface area contributed by atoms with Gasteiger partial charge in [-0.2, -0.15) is 5.26 Å². The highest BCUT2D eigenvalue weighted by Crippen LogP contribution is 2.42. The highest BCUT2D eigenvalue weighted by molar-refractivity contribution is 5.86. The molecule has 0 bridgehead atoms. The maximum atomic E-state index is 12.0. The molecule has 0 saturated heterocycles. The van der Waals surface area contributed by atoms with Crippen LogP contribution in [0.25, 0.3) is 0 Å². The minimum absolute atomic E-state index is 0.185. The molecule has 1 fully saturated rings. The summed E-state index contributed by atoms with van der Waals surface area (Å²) in [4.78, 5) is 31.2. The Morgan fingerprint density at radius 1 is 1.47 bits per heavy atom. The molecule has 1 N–H and O–H groups in total. The largest absolute Gasteiger partial charge is 0.391 e. The van der Waals surface area contributed by atoms with E-state index in [0.29, 0.717) is 19.0 Å². The molecule has 0 atom stereocenters. The van der Waals surface area contributed by atoms with Crippen molar-refractivity contribution in [2.45, 2.75) is 37.8 Å². The van der Waals surface area contributed by atoms with E-state index in [-0.39, 0.29) is 11.3 Å². The molecule has 0 radical (unpaired) electrons. The van der Waals surface area contributed by atoms with Crippen molar-refractivity contribution >= 4 is 5.97 Å². The number of carbonyl (C=O) groups is 1. The first-order valence-corrected chi connectivity index (χ1v) is 6.28. The van der Waals surface area contributed by atoms with Crippen molar-refractivity contribution in [2.75, 3.05) is 6.61 Å².